The van der Waals surface area contributed by atoms with Gasteiger partial charge in [-0.3, -0.25) is 4.68 Å². The second kappa shape index (κ2) is 6.23. The lowest BCUT2D eigenvalue weighted by atomic mass is 9.87. The first-order valence-corrected chi connectivity index (χ1v) is 7.23. The Kier molecular flexibility index (Phi) is 4.61. The fraction of sp³-hybridized carbons (Fsp3) is 0.471. The third kappa shape index (κ3) is 4.20. The molecule has 20 heavy (non-hydrogen) atoms. The van der Waals surface area contributed by atoms with Crippen molar-refractivity contribution in [3.8, 4) is 0 Å². The quantitative estimate of drug-likeness (QED) is 0.847. The maximum absolute atomic E-state index is 4.18. The molecule has 0 saturated carbocycles. The normalized spacial score (nSPS) is 11.8. The monoisotopic (exact) mass is 271 g/mol. The van der Waals surface area contributed by atoms with E-state index in [-0.39, 0.29) is 5.41 Å². The molecular weight excluding hydrogens is 246 g/mol. The molecule has 1 aromatic heterocycles. The van der Waals surface area contributed by atoms with Gasteiger partial charge in [-0.05, 0) is 35.1 Å². The van der Waals surface area contributed by atoms with E-state index in [1.165, 1.54) is 16.7 Å². The highest BCUT2D eigenvalue weighted by atomic mass is 15.2. The summed E-state index contributed by atoms with van der Waals surface area (Å²) in [5.41, 5.74) is 4.23. The van der Waals surface area contributed by atoms with Gasteiger partial charge >= 0.3 is 0 Å². The van der Waals surface area contributed by atoms with Gasteiger partial charge in [-0.25, -0.2) is 0 Å². The summed E-state index contributed by atoms with van der Waals surface area (Å²) in [6.45, 7) is 8.63. The standard InChI is InChI=1S/C17H25N3/c1-17(2,3)16-7-5-14(6-8-16)11-18-10-9-15-12-19-20(4)13-15/h5-8,12-13,18H,9-11H2,1-4H3. The van der Waals surface area contributed by atoms with Gasteiger partial charge in [-0.15, -0.1) is 0 Å². The fourth-order valence-corrected chi connectivity index (χ4v) is 2.19. The molecule has 108 valence electrons. The van der Waals surface area contributed by atoms with Crippen LogP contribution in [0.1, 0.15) is 37.5 Å². The molecule has 1 aromatic carbocycles. The molecule has 3 heteroatoms. The molecule has 0 spiro atoms. The van der Waals surface area contributed by atoms with Crippen LogP contribution in [0.25, 0.3) is 0 Å². The van der Waals surface area contributed by atoms with Gasteiger partial charge in [0.2, 0.25) is 0 Å². The van der Waals surface area contributed by atoms with E-state index in [1.54, 1.807) is 0 Å². The van der Waals surface area contributed by atoms with E-state index in [9.17, 15) is 0 Å². The molecule has 0 atom stereocenters. The first-order chi connectivity index (χ1) is 9.45. The van der Waals surface area contributed by atoms with E-state index in [4.69, 9.17) is 0 Å². The summed E-state index contributed by atoms with van der Waals surface area (Å²) >= 11 is 0. The number of nitrogens with zero attached hydrogens (tertiary/aromatic N) is 2. The molecule has 0 fully saturated rings. The summed E-state index contributed by atoms with van der Waals surface area (Å²) in [5.74, 6) is 0. The zero-order valence-electron chi connectivity index (χ0n) is 13.0. The number of aromatic nitrogens is 2. The summed E-state index contributed by atoms with van der Waals surface area (Å²) in [6, 6.07) is 8.91. The zero-order chi connectivity index (χ0) is 14.6. The molecule has 2 aromatic rings. The SMILES string of the molecule is Cn1cc(CCNCc2ccc(C(C)(C)C)cc2)cn1. The molecule has 0 amide bonds. The number of nitrogens with one attached hydrogen (secondary N) is 1. The predicted octanol–water partition coefficient (Wildman–Crippen LogP) is 3.05. The van der Waals surface area contributed by atoms with Crippen molar-refractivity contribution in [2.45, 2.75) is 39.2 Å². The lowest BCUT2D eigenvalue weighted by Gasteiger charge is -2.19. The van der Waals surface area contributed by atoms with Crippen LogP contribution in [0.15, 0.2) is 36.7 Å². The minimum atomic E-state index is 0.228. The van der Waals surface area contributed by atoms with E-state index >= 15 is 0 Å². The van der Waals surface area contributed by atoms with Crippen molar-refractivity contribution in [1.29, 1.82) is 0 Å². The summed E-state index contributed by atoms with van der Waals surface area (Å²) in [6.07, 6.45) is 5.02. The Balaban J connectivity index is 1.77. The minimum Gasteiger partial charge on any atom is -0.312 e. The Morgan fingerprint density at radius 1 is 1.10 bits per heavy atom. The number of benzene rings is 1. The maximum Gasteiger partial charge on any atom is 0.0522 e. The fourth-order valence-electron chi connectivity index (χ4n) is 2.19. The van der Waals surface area contributed by atoms with Crippen molar-refractivity contribution in [3.05, 3.63) is 53.3 Å². The lowest BCUT2D eigenvalue weighted by molar-refractivity contribution is 0.589. The highest BCUT2D eigenvalue weighted by Gasteiger charge is 2.12. The number of hydrogen-bond acceptors (Lipinski definition) is 2. The molecule has 0 aliphatic carbocycles. The highest BCUT2D eigenvalue weighted by molar-refractivity contribution is 5.27. The second-order valence-electron chi connectivity index (χ2n) is 6.40. The van der Waals surface area contributed by atoms with Gasteiger partial charge < -0.3 is 5.32 Å². The third-order valence-electron chi connectivity index (χ3n) is 3.50. The minimum absolute atomic E-state index is 0.228. The number of hydrogen-bond donors (Lipinski definition) is 1. The smallest absolute Gasteiger partial charge is 0.0522 e. The molecule has 1 N–H and O–H groups in total. The van der Waals surface area contributed by atoms with Crippen LogP contribution in [-0.2, 0) is 25.4 Å². The van der Waals surface area contributed by atoms with Gasteiger partial charge in [-0.1, -0.05) is 45.0 Å². The molecule has 0 saturated heterocycles. The van der Waals surface area contributed by atoms with Crippen LogP contribution in [0.4, 0.5) is 0 Å². The molecule has 0 radical (unpaired) electrons. The molecule has 0 unspecified atom stereocenters. The van der Waals surface area contributed by atoms with Crippen molar-refractivity contribution >= 4 is 0 Å². The zero-order valence-corrected chi connectivity index (χ0v) is 13.0. The van der Waals surface area contributed by atoms with Crippen LogP contribution in [0.3, 0.4) is 0 Å². The summed E-state index contributed by atoms with van der Waals surface area (Å²) in [5, 5.41) is 7.66. The molecule has 1 heterocycles. The van der Waals surface area contributed by atoms with E-state index in [0.29, 0.717) is 0 Å². The van der Waals surface area contributed by atoms with Gasteiger partial charge in [0, 0.05) is 19.8 Å². The average Bonchev–Trinajstić information content (AvgIpc) is 2.80. The first kappa shape index (κ1) is 14.8. The van der Waals surface area contributed by atoms with E-state index in [0.717, 1.165) is 19.5 Å². The van der Waals surface area contributed by atoms with Crippen LogP contribution >= 0.6 is 0 Å². The van der Waals surface area contributed by atoms with Crippen molar-refractivity contribution in [3.63, 3.8) is 0 Å². The van der Waals surface area contributed by atoms with Gasteiger partial charge in [-0.2, -0.15) is 5.10 Å². The van der Waals surface area contributed by atoms with Crippen LogP contribution in [0.2, 0.25) is 0 Å². The maximum atomic E-state index is 4.18. The average molecular weight is 271 g/mol. The topological polar surface area (TPSA) is 29.9 Å². The number of rotatable bonds is 5. The molecule has 3 nitrogen and oxygen atoms in total. The van der Waals surface area contributed by atoms with Gasteiger partial charge in [0.25, 0.3) is 0 Å². The molecule has 0 aliphatic heterocycles. The lowest BCUT2D eigenvalue weighted by Crippen LogP contribution is -2.17. The van der Waals surface area contributed by atoms with E-state index in [1.807, 2.05) is 17.9 Å². The van der Waals surface area contributed by atoms with Crippen molar-refractivity contribution < 1.29 is 0 Å². The molecule has 2 rings (SSSR count). The van der Waals surface area contributed by atoms with E-state index in [2.05, 4.69) is 61.6 Å². The van der Waals surface area contributed by atoms with Crippen LogP contribution in [-0.4, -0.2) is 16.3 Å². The van der Waals surface area contributed by atoms with Gasteiger partial charge in [0.05, 0.1) is 6.20 Å². The Hall–Kier alpha value is -1.61. The van der Waals surface area contributed by atoms with Crippen molar-refractivity contribution in [2.75, 3.05) is 6.54 Å². The van der Waals surface area contributed by atoms with Crippen LogP contribution in [0, 0.1) is 0 Å². The second-order valence-corrected chi connectivity index (χ2v) is 6.40. The van der Waals surface area contributed by atoms with Crippen LogP contribution in [0.5, 0.6) is 0 Å². The van der Waals surface area contributed by atoms with Gasteiger partial charge in [0.15, 0.2) is 0 Å². The Labute approximate surface area is 122 Å². The first-order valence-electron chi connectivity index (χ1n) is 7.23. The Morgan fingerprint density at radius 2 is 1.80 bits per heavy atom. The highest BCUT2D eigenvalue weighted by Crippen LogP contribution is 2.22. The largest absolute Gasteiger partial charge is 0.312 e. The molecular formula is C17H25N3. The predicted molar refractivity (Wildman–Crippen MR) is 83.8 cm³/mol. The molecule has 0 bridgehead atoms. The van der Waals surface area contributed by atoms with Gasteiger partial charge in [0.1, 0.15) is 0 Å². The van der Waals surface area contributed by atoms with E-state index < -0.39 is 0 Å². The number of aryl methyl sites for hydroxylation is 1. The Morgan fingerprint density at radius 3 is 2.35 bits per heavy atom. The van der Waals surface area contributed by atoms with Crippen molar-refractivity contribution in [1.82, 2.24) is 15.1 Å². The summed E-state index contributed by atoms with van der Waals surface area (Å²) in [7, 11) is 1.95. The third-order valence-corrected chi connectivity index (χ3v) is 3.50. The van der Waals surface area contributed by atoms with Crippen molar-refractivity contribution in [2.24, 2.45) is 7.05 Å². The molecule has 0 aliphatic rings. The van der Waals surface area contributed by atoms with Crippen LogP contribution < -0.4 is 5.32 Å². The summed E-state index contributed by atoms with van der Waals surface area (Å²) in [4.78, 5) is 0. The Bertz CT molecular complexity index is 532. The summed E-state index contributed by atoms with van der Waals surface area (Å²) < 4.78 is 1.85.